The molecule has 1 amide bonds. The third-order valence-corrected chi connectivity index (χ3v) is 3.87. The van der Waals surface area contributed by atoms with Gasteiger partial charge in [-0.05, 0) is 19.3 Å². The Hall–Kier alpha value is -0.680. The van der Waals surface area contributed by atoms with E-state index < -0.39 is 12.0 Å². The first kappa shape index (κ1) is 14.4. The number of carbonyl (C=O) groups is 1. The van der Waals surface area contributed by atoms with Crippen molar-refractivity contribution in [2.45, 2.75) is 51.2 Å². The number of hydrogen-bond donors (Lipinski definition) is 2. The first-order chi connectivity index (χ1) is 7.99. The van der Waals surface area contributed by atoms with E-state index in [1.165, 1.54) is 0 Å². The molecule has 3 unspecified atom stereocenters. The molecule has 0 saturated heterocycles. The maximum Gasteiger partial charge on any atom is 0.232 e. The maximum atomic E-state index is 12.2. The van der Waals surface area contributed by atoms with E-state index in [1.54, 1.807) is 11.9 Å². The molecular weight excluding hydrogens is 236 g/mol. The molecule has 1 aliphatic rings. The van der Waals surface area contributed by atoms with Crippen LogP contribution < -0.4 is 5.73 Å². The molecule has 0 bridgehead atoms. The number of rotatable bonds is 4. The van der Waals surface area contributed by atoms with Crippen LogP contribution in [0.5, 0.6) is 0 Å². The molecule has 0 aromatic carbocycles. The van der Waals surface area contributed by atoms with Crippen molar-refractivity contribution in [3.8, 4) is 0 Å². The van der Waals surface area contributed by atoms with Gasteiger partial charge in [0.1, 0.15) is 0 Å². The minimum atomic E-state index is -0.415. The van der Waals surface area contributed by atoms with E-state index in [1.807, 2.05) is 6.92 Å². The second kappa shape index (κ2) is 6.31. The summed E-state index contributed by atoms with van der Waals surface area (Å²) < 4.78 is 0. The summed E-state index contributed by atoms with van der Waals surface area (Å²) in [6, 6.07) is -0.0837. The number of amides is 1. The molecule has 3 atom stereocenters. The molecular formula is C12H22N2O2S. The van der Waals surface area contributed by atoms with Crippen LogP contribution in [-0.2, 0) is 4.79 Å². The maximum absolute atomic E-state index is 12.2. The minimum absolute atomic E-state index is 0.0639. The van der Waals surface area contributed by atoms with Crippen LogP contribution in [0.4, 0.5) is 0 Å². The number of likely N-dealkylation sites (N-methyl/N-ethyl adjacent to an activating group) is 1. The van der Waals surface area contributed by atoms with Gasteiger partial charge in [-0.2, -0.15) is 0 Å². The number of aliphatic hydroxyl groups is 1. The summed E-state index contributed by atoms with van der Waals surface area (Å²) >= 11 is 4.91. The number of nitrogens with two attached hydrogens (primary N) is 1. The van der Waals surface area contributed by atoms with Crippen molar-refractivity contribution in [3.05, 3.63) is 0 Å². The highest BCUT2D eigenvalue weighted by Gasteiger charge is 2.32. The zero-order chi connectivity index (χ0) is 13.0. The van der Waals surface area contributed by atoms with Crippen LogP contribution in [0.2, 0.25) is 0 Å². The van der Waals surface area contributed by atoms with Crippen LogP contribution in [-0.4, -0.2) is 40.1 Å². The zero-order valence-electron chi connectivity index (χ0n) is 10.6. The summed E-state index contributed by atoms with van der Waals surface area (Å²) in [6.45, 7) is 1.90. The first-order valence-corrected chi connectivity index (χ1v) is 6.63. The van der Waals surface area contributed by atoms with E-state index in [2.05, 4.69) is 0 Å². The van der Waals surface area contributed by atoms with E-state index in [9.17, 15) is 9.90 Å². The van der Waals surface area contributed by atoms with Gasteiger partial charge in [0.2, 0.25) is 5.91 Å². The fourth-order valence-electron chi connectivity index (χ4n) is 2.45. The average molecular weight is 258 g/mol. The SMILES string of the molecule is CCC(C(=O)N(C)C1CCCCC1O)C(N)=S. The number of thiocarbonyl (C=S) groups is 1. The van der Waals surface area contributed by atoms with Gasteiger partial charge in [0.15, 0.2) is 0 Å². The highest BCUT2D eigenvalue weighted by Crippen LogP contribution is 2.24. The Balaban J connectivity index is 2.70. The fraction of sp³-hybridized carbons (Fsp3) is 0.833. The van der Waals surface area contributed by atoms with Crippen LogP contribution in [0.1, 0.15) is 39.0 Å². The van der Waals surface area contributed by atoms with Crippen molar-refractivity contribution in [1.29, 1.82) is 0 Å². The van der Waals surface area contributed by atoms with E-state index in [4.69, 9.17) is 18.0 Å². The fourth-order valence-corrected chi connectivity index (χ4v) is 2.72. The quantitative estimate of drug-likeness (QED) is 0.740. The van der Waals surface area contributed by atoms with Gasteiger partial charge < -0.3 is 15.7 Å². The Bertz CT molecular complexity index is 296. The molecule has 0 aromatic heterocycles. The van der Waals surface area contributed by atoms with Crippen molar-refractivity contribution in [3.63, 3.8) is 0 Å². The van der Waals surface area contributed by atoms with Crippen molar-refractivity contribution in [2.24, 2.45) is 11.7 Å². The largest absolute Gasteiger partial charge is 0.393 e. The number of nitrogens with zero attached hydrogens (tertiary/aromatic N) is 1. The smallest absolute Gasteiger partial charge is 0.232 e. The van der Waals surface area contributed by atoms with Gasteiger partial charge in [-0.15, -0.1) is 0 Å². The average Bonchev–Trinajstić information content (AvgIpc) is 2.29. The number of hydrogen-bond acceptors (Lipinski definition) is 3. The molecule has 1 aliphatic carbocycles. The third kappa shape index (κ3) is 3.39. The van der Waals surface area contributed by atoms with Crippen LogP contribution in [0.25, 0.3) is 0 Å². The molecule has 17 heavy (non-hydrogen) atoms. The van der Waals surface area contributed by atoms with Crippen molar-refractivity contribution in [2.75, 3.05) is 7.05 Å². The van der Waals surface area contributed by atoms with Gasteiger partial charge >= 0.3 is 0 Å². The second-order valence-corrected chi connectivity index (χ2v) is 5.20. The van der Waals surface area contributed by atoms with Crippen LogP contribution >= 0.6 is 12.2 Å². The normalized spacial score (nSPS) is 26.3. The molecule has 0 aliphatic heterocycles. The summed E-state index contributed by atoms with van der Waals surface area (Å²) in [4.78, 5) is 14.1. The van der Waals surface area contributed by atoms with E-state index in [0.29, 0.717) is 6.42 Å². The third-order valence-electron chi connectivity index (χ3n) is 3.59. The van der Waals surface area contributed by atoms with Gasteiger partial charge in [0, 0.05) is 7.05 Å². The lowest BCUT2D eigenvalue weighted by Crippen LogP contribution is -2.50. The summed E-state index contributed by atoms with van der Waals surface area (Å²) in [7, 11) is 1.74. The summed E-state index contributed by atoms with van der Waals surface area (Å²) in [5, 5.41) is 9.92. The lowest BCUT2D eigenvalue weighted by molar-refractivity contribution is -0.137. The van der Waals surface area contributed by atoms with Gasteiger partial charge in [0.05, 0.1) is 23.1 Å². The molecule has 0 spiro atoms. The Morgan fingerprint density at radius 3 is 2.59 bits per heavy atom. The Morgan fingerprint density at radius 2 is 2.12 bits per heavy atom. The molecule has 0 radical (unpaired) electrons. The van der Waals surface area contributed by atoms with E-state index >= 15 is 0 Å². The second-order valence-electron chi connectivity index (χ2n) is 4.73. The van der Waals surface area contributed by atoms with Gasteiger partial charge in [-0.1, -0.05) is 32.0 Å². The zero-order valence-corrected chi connectivity index (χ0v) is 11.4. The Kier molecular flexibility index (Phi) is 5.33. The van der Waals surface area contributed by atoms with Crippen molar-refractivity contribution >= 4 is 23.1 Å². The molecule has 1 fully saturated rings. The summed E-state index contributed by atoms with van der Waals surface area (Å²) in [6.07, 6.45) is 3.92. The highest BCUT2D eigenvalue weighted by molar-refractivity contribution is 7.80. The first-order valence-electron chi connectivity index (χ1n) is 6.23. The predicted octanol–water partition coefficient (Wildman–Crippen LogP) is 1.06. The molecule has 1 saturated carbocycles. The number of aliphatic hydroxyl groups excluding tert-OH is 1. The van der Waals surface area contributed by atoms with Crippen LogP contribution in [0, 0.1) is 5.92 Å². The lowest BCUT2D eigenvalue weighted by Gasteiger charge is -2.36. The molecule has 0 aromatic rings. The molecule has 3 N–H and O–H groups in total. The van der Waals surface area contributed by atoms with Crippen molar-refractivity contribution in [1.82, 2.24) is 4.90 Å². The van der Waals surface area contributed by atoms with Gasteiger partial charge in [-0.3, -0.25) is 4.79 Å². The summed E-state index contributed by atoms with van der Waals surface area (Å²) in [5.41, 5.74) is 5.57. The predicted molar refractivity (Wildman–Crippen MR) is 71.6 cm³/mol. The monoisotopic (exact) mass is 258 g/mol. The minimum Gasteiger partial charge on any atom is -0.393 e. The summed E-state index contributed by atoms with van der Waals surface area (Å²) in [5.74, 6) is -0.463. The molecule has 1 rings (SSSR count). The van der Waals surface area contributed by atoms with Crippen LogP contribution in [0.15, 0.2) is 0 Å². The topological polar surface area (TPSA) is 66.6 Å². The van der Waals surface area contributed by atoms with E-state index in [0.717, 1.165) is 25.7 Å². The molecule has 4 nitrogen and oxygen atoms in total. The van der Waals surface area contributed by atoms with Gasteiger partial charge in [0.25, 0.3) is 0 Å². The molecule has 98 valence electrons. The number of carbonyl (C=O) groups excluding carboxylic acids is 1. The van der Waals surface area contributed by atoms with Crippen molar-refractivity contribution < 1.29 is 9.90 Å². The Morgan fingerprint density at radius 1 is 1.53 bits per heavy atom. The van der Waals surface area contributed by atoms with E-state index in [-0.39, 0.29) is 16.9 Å². The standard InChI is InChI=1S/C12H22N2O2S/c1-3-8(11(13)17)12(16)14(2)9-6-4-5-7-10(9)15/h8-10,15H,3-7H2,1-2H3,(H2,13,17). The lowest BCUT2D eigenvalue weighted by atomic mass is 9.90. The van der Waals surface area contributed by atoms with Gasteiger partial charge in [-0.25, -0.2) is 0 Å². The molecule has 5 heteroatoms. The van der Waals surface area contributed by atoms with Crippen LogP contribution in [0.3, 0.4) is 0 Å². The Labute approximate surface area is 108 Å². The highest BCUT2D eigenvalue weighted by atomic mass is 32.1. The molecule has 0 heterocycles.